The lowest BCUT2D eigenvalue weighted by Crippen LogP contribution is -2.20. The van der Waals surface area contributed by atoms with Gasteiger partial charge in [-0.25, -0.2) is 0 Å². The van der Waals surface area contributed by atoms with Gasteiger partial charge in [0.25, 0.3) is 0 Å². The molecule has 0 spiro atoms. The molecule has 0 amide bonds. The Balaban J connectivity index is 1.53. The van der Waals surface area contributed by atoms with Crippen LogP contribution in [0.25, 0.3) is 0 Å². The summed E-state index contributed by atoms with van der Waals surface area (Å²) in [5, 5.41) is 0. The minimum atomic E-state index is 0.868. The Kier molecular flexibility index (Phi) is 8.14. The zero-order chi connectivity index (χ0) is 14.9. The third-order valence-corrected chi connectivity index (χ3v) is 6.20. The van der Waals surface area contributed by atoms with Crippen LogP contribution in [0.2, 0.25) is 0 Å². The molecule has 0 atom stereocenters. The first-order valence-electron chi connectivity index (χ1n) is 9.89. The molecule has 124 valence electrons. The van der Waals surface area contributed by atoms with Gasteiger partial charge in [0, 0.05) is 13.2 Å². The second-order valence-corrected chi connectivity index (χ2v) is 7.83. The lowest BCUT2D eigenvalue weighted by molar-refractivity contribution is 0.0763. The lowest BCUT2D eigenvalue weighted by atomic mass is 9.75. The van der Waals surface area contributed by atoms with Gasteiger partial charge in [0.15, 0.2) is 0 Å². The molecule has 0 aliphatic heterocycles. The quantitative estimate of drug-likeness (QED) is 0.483. The van der Waals surface area contributed by atoms with Crippen molar-refractivity contribution in [1.82, 2.24) is 0 Å². The molecular weight excluding hydrogens is 256 g/mol. The van der Waals surface area contributed by atoms with E-state index in [1.807, 2.05) is 0 Å². The monoisotopic (exact) mass is 294 g/mol. The minimum absolute atomic E-state index is 0.868. The summed E-state index contributed by atoms with van der Waals surface area (Å²) in [5.74, 6) is 4.03. The summed E-state index contributed by atoms with van der Waals surface area (Å²) >= 11 is 0. The predicted octanol–water partition coefficient (Wildman–Crippen LogP) is 6.22. The zero-order valence-electron chi connectivity index (χ0n) is 14.6. The van der Waals surface area contributed by atoms with E-state index in [0.717, 1.165) is 43.3 Å². The number of rotatable bonds is 8. The smallest absolute Gasteiger partial charge is 0.0494 e. The normalized spacial score (nSPS) is 34.0. The van der Waals surface area contributed by atoms with Gasteiger partial charge < -0.3 is 4.74 Å². The Morgan fingerprint density at radius 1 is 0.667 bits per heavy atom. The molecule has 2 aliphatic rings. The number of ether oxygens (including phenoxy) is 1. The van der Waals surface area contributed by atoms with Gasteiger partial charge in [-0.2, -0.15) is 0 Å². The van der Waals surface area contributed by atoms with Crippen LogP contribution in [0.4, 0.5) is 0 Å². The molecule has 0 aromatic carbocycles. The highest BCUT2D eigenvalue weighted by atomic mass is 16.5. The third kappa shape index (κ3) is 6.30. The lowest BCUT2D eigenvalue weighted by Gasteiger charge is -2.31. The van der Waals surface area contributed by atoms with Gasteiger partial charge in [-0.05, 0) is 42.9 Å². The van der Waals surface area contributed by atoms with E-state index in [2.05, 4.69) is 13.8 Å². The Morgan fingerprint density at radius 3 is 1.62 bits per heavy atom. The molecule has 2 saturated carbocycles. The second-order valence-electron chi connectivity index (χ2n) is 7.83. The topological polar surface area (TPSA) is 9.23 Å². The van der Waals surface area contributed by atoms with Crippen molar-refractivity contribution in [2.45, 2.75) is 90.9 Å². The fraction of sp³-hybridized carbons (Fsp3) is 1.00. The van der Waals surface area contributed by atoms with E-state index in [1.54, 1.807) is 0 Å². The molecular formula is C20H38O. The summed E-state index contributed by atoms with van der Waals surface area (Å²) in [6.45, 7) is 6.56. The van der Waals surface area contributed by atoms with Crippen LogP contribution in [0.5, 0.6) is 0 Å². The predicted molar refractivity (Wildman–Crippen MR) is 91.5 cm³/mol. The van der Waals surface area contributed by atoms with E-state index >= 15 is 0 Å². The molecule has 0 radical (unpaired) electrons. The van der Waals surface area contributed by atoms with Gasteiger partial charge in [0.05, 0.1) is 0 Å². The number of hydrogen-bond donors (Lipinski definition) is 0. The highest BCUT2D eigenvalue weighted by Crippen LogP contribution is 2.37. The van der Waals surface area contributed by atoms with Crippen molar-refractivity contribution >= 4 is 0 Å². The van der Waals surface area contributed by atoms with E-state index in [9.17, 15) is 0 Å². The molecule has 1 heteroatoms. The average Bonchev–Trinajstić information content (AvgIpc) is 2.55. The first-order chi connectivity index (χ1) is 10.3. The molecule has 0 aromatic rings. The maximum absolute atomic E-state index is 5.73. The fourth-order valence-corrected chi connectivity index (χ4v) is 4.48. The zero-order valence-corrected chi connectivity index (χ0v) is 14.6. The first kappa shape index (κ1) is 17.3. The maximum atomic E-state index is 5.73. The van der Waals surface area contributed by atoms with Crippen LogP contribution in [0.1, 0.15) is 90.9 Å². The first-order valence-corrected chi connectivity index (χ1v) is 9.89. The van der Waals surface area contributed by atoms with Gasteiger partial charge in [0.1, 0.15) is 0 Å². The molecule has 2 rings (SSSR count). The van der Waals surface area contributed by atoms with Gasteiger partial charge in [-0.3, -0.25) is 0 Å². The van der Waals surface area contributed by atoms with E-state index in [1.165, 1.54) is 70.6 Å². The van der Waals surface area contributed by atoms with E-state index < -0.39 is 0 Å². The van der Waals surface area contributed by atoms with Crippen LogP contribution >= 0.6 is 0 Å². The second kappa shape index (κ2) is 9.87. The van der Waals surface area contributed by atoms with Crippen molar-refractivity contribution in [3.05, 3.63) is 0 Å². The molecule has 0 saturated heterocycles. The van der Waals surface area contributed by atoms with Gasteiger partial charge >= 0.3 is 0 Å². The van der Waals surface area contributed by atoms with Crippen molar-refractivity contribution in [3.63, 3.8) is 0 Å². The Bertz CT molecular complexity index is 247. The van der Waals surface area contributed by atoms with E-state index in [4.69, 9.17) is 4.74 Å². The fourth-order valence-electron chi connectivity index (χ4n) is 4.48. The summed E-state index contributed by atoms with van der Waals surface area (Å²) in [6.07, 6.45) is 17.5. The molecule has 0 N–H and O–H groups in total. The molecule has 1 nitrogen and oxygen atoms in total. The van der Waals surface area contributed by atoms with Gasteiger partial charge in [-0.15, -0.1) is 0 Å². The van der Waals surface area contributed by atoms with Crippen LogP contribution in [0, 0.1) is 23.7 Å². The SMILES string of the molecule is CCCOCC1CCC(CCC2CCC(CC)CC2)CC1. The Morgan fingerprint density at radius 2 is 1.14 bits per heavy atom. The number of hydrogen-bond acceptors (Lipinski definition) is 1. The Labute approximate surface area is 133 Å². The largest absolute Gasteiger partial charge is 0.381 e. The minimum Gasteiger partial charge on any atom is -0.381 e. The maximum Gasteiger partial charge on any atom is 0.0494 e. The van der Waals surface area contributed by atoms with Crippen LogP contribution < -0.4 is 0 Å². The van der Waals surface area contributed by atoms with Crippen molar-refractivity contribution in [2.75, 3.05) is 13.2 Å². The molecule has 2 aliphatic carbocycles. The van der Waals surface area contributed by atoms with E-state index in [-0.39, 0.29) is 0 Å². The van der Waals surface area contributed by atoms with Gasteiger partial charge in [-0.1, -0.05) is 71.6 Å². The summed E-state index contributed by atoms with van der Waals surface area (Å²) in [4.78, 5) is 0. The highest BCUT2D eigenvalue weighted by molar-refractivity contribution is 4.76. The molecule has 21 heavy (non-hydrogen) atoms. The summed E-state index contributed by atoms with van der Waals surface area (Å²) in [7, 11) is 0. The Hall–Kier alpha value is -0.0400. The van der Waals surface area contributed by atoms with Crippen molar-refractivity contribution in [1.29, 1.82) is 0 Å². The molecule has 0 unspecified atom stereocenters. The van der Waals surface area contributed by atoms with Crippen molar-refractivity contribution in [3.8, 4) is 0 Å². The highest BCUT2D eigenvalue weighted by Gasteiger charge is 2.24. The van der Waals surface area contributed by atoms with Crippen LogP contribution in [0.3, 0.4) is 0 Å². The standard InChI is InChI=1S/C20H38O/c1-3-15-21-16-20-13-11-19(12-14-20)10-9-18-7-5-17(4-2)6-8-18/h17-20H,3-16H2,1-2H3. The van der Waals surface area contributed by atoms with Gasteiger partial charge in [0.2, 0.25) is 0 Å². The third-order valence-electron chi connectivity index (χ3n) is 6.20. The molecule has 0 bridgehead atoms. The summed E-state index contributed by atoms with van der Waals surface area (Å²) < 4.78 is 5.73. The molecule has 0 aromatic heterocycles. The molecule has 2 fully saturated rings. The van der Waals surface area contributed by atoms with Crippen LogP contribution in [-0.2, 0) is 4.74 Å². The van der Waals surface area contributed by atoms with Crippen molar-refractivity contribution < 1.29 is 4.74 Å². The van der Waals surface area contributed by atoms with Crippen LogP contribution in [0.15, 0.2) is 0 Å². The summed E-state index contributed by atoms with van der Waals surface area (Å²) in [5.41, 5.74) is 0. The average molecular weight is 295 g/mol. The molecule has 0 heterocycles. The van der Waals surface area contributed by atoms with E-state index in [0.29, 0.717) is 0 Å². The van der Waals surface area contributed by atoms with Crippen molar-refractivity contribution in [2.24, 2.45) is 23.7 Å². The summed E-state index contributed by atoms with van der Waals surface area (Å²) in [6, 6.07) is 0. The van der Waals surface area contributed by atoms with Crippen LogP contribution in [-0.4, -0.2) is 13.2 Å².